The van der Waals surface area contributed by atoms with E-state index < -0.39 is 0 Å². The molecule has 1 aliphatic rings. The number of aliphatic hydroxyl groups is 1. The van der Waals surface area contributed by atoms with Crippen LogP contribution in [0.25, 0.3) is 11.3 Å². The summed E-state index contributed by atoms with van der Waals surface area (Å²) in [5.41, 5.74) is 1.94. The standard InChI is InChI=1S/C15H18N2O2S/c1-17(12-7-8-19-10-12)15-16-14(13(9-18)20-15)11-5-3-2-4-6-11/h2-6,12,18H,7-10H2,1H3. The van der Waals surface area contributed by atoms with E-state index in [0.29, 0.717) is 6.04 Å². The zero-order valence-electron chi connectivity index (χ0n) is 11.5. The van der Waals surface area contributed by atoms with E-state index >= 15 is 0 Å². The van der Waals surface area contributed by atoms with E-state index in [0.717, 1.165) is 40.9 Å². The molecule has 1 aromatic heterocycles. The van der Waals surface area contributed by atoms with Crippen LogP contribution in [0.1, 0.15) is 11.3 Å². The van der Waals surface area contributed by atoms with Gasteiger partial charge in [-0.1, -0.05) is 41.7 Å². The number of benzene rings is 1. The van der Waals surface area contributed by atoms with Crippen LogP contribution in [-0.2, 0) is 11.3 Å². The summed E-state index contributed by atoms with van der Waals surface area (Å²) >= 11 is 1.56. The SMILES string of the molecule is CN(c1nc(-c2ccccc2)c(CO)s1)C1CCOC1. The number of nitrogens with zero attached hydrogens (tertiary/aromatic N) is 2. The molecule has 1 aromatic carbocycles. The van der Waals surface area contributed by atoms with Crippen molar-refractivity contribution in [1.29, 1.82) is 0 Å². The predicted octanol–water partition coefficient (Wildman–Crippen LogP) is 2.53. The molecule has 106 valence electrons. The third-order valence-electron chi connectivity index (χ3n) is 3.63. The third-order valence-corrected chi connectivity index (χ3v) is 4.76. The fraction of sp³-hybridized carbons (Fsp3) is 0.400. The van der Waals surface area contributed by atoms with Gasteiger partial charge in [0.25, 0.3) is 0 Å². The van der Waals surface area contributed by atoms with E-state index in [4.69, 9.17) is 9.72 Å². The monoisotopic (exact) mass is 290 g/mol. The summed E-state index contributed by atoms with van der Waals surface area (Å²) in [6.07, 6.45) is 1.03. The first-order valence-corrected chi connectivity index (χ1v) is 7.58. The number of aromatic nitrogens is 1. The lowest BCUT2D eigenvalue weighted by Crippen LogP contribution is -2.31. The Bertz CT molecular complexity index is 565. The van der Waals surface area contributed by atoms with E-state index in [2.05, 4.69) is 4.90 Å². The Hall–Kier alpha value is -1.43. The quantitative estimate of drug-likeness (QED) is 0.940. The summed E-state index contributed by atoms with van der Waals surface area (Å²) in [5.74, 6) is 0. The van der Waals surface area contributed by atoms with E-state index in [-0.39, 0.29) is 6.61 Å². The van der Waals surface area contributed by atoms with Gasteiger partial charge >= 0.3 is 0 Å². The molecule has 0 radical (unpaired) electrons. The topological polar surface area (TPSA) is 45.6 Å². The molecule has 3 rings (SSSR count). The van der Waals surface area contributed by atoms with Crippen molar-refractivity contribution >= 4 is 16.5 Å². The summed E-state index contributed by atoms with van der Waals surface area (Å²) in [5, 5.41) is 10.5. The van der Waals surface area contributed by atoms with Crippen molar-refractivity contribution in [2.45, 2.75) is 19.1 Å². The maximum Gasteiger partial charge on any atom is 0.186 e. The number of hydrogen-bond acceptors (Lipinski definition) is 5. The van der Waals surface area contributed by atoms with Crippen LogP contribution in [0.15, 0.2) is 30.3 Å². The first kappa shape index (κ1) is 13.5. The van der Waals surface area contributed by atoms with Gasteiger partial charge in [-0.2, -0.15) is 0 Å². The molecule has 4 nitrogen and oxygen atoms in total. The molecule has 1 aliphatic heterocycles. The second-order valence-electron chi connectivity index (χ2n) is 4.92. The number of ether oxygens (including phenoxy) is 1. The molecular formula is C15H18N2O2S. The molecule has 0 aliphatic carbocycles. The second kappa shape index (κ2) is 5.91. The summed E-state index contributed by atoms with van der Waals surface area (Å²) in [7, 11) is 2.05. The molecule has 1 atom stereocenters. The van der Waals surface area contributed by atoms with Crippen LogP contribution in [0.4, 0.5) is 5.13 Å². The van der Waals surface area contributed by atoms with Gasteiger partial charge in [-0.3, -0.25) is 0 Å². The molecule has 2 aromatic rings. The molecule has 0 spiro atoms. The van der Waals surface area contributed by atoms with Gasteiger partial charge in [0.15, 0.2) is 5.13 Å². The Labute approximate surface area is 122 Å². The molecular weight excluding hydrogens is 272 g/mol. The number of aliphatic hydroxyl groups excluding tert-OH is 1. The molecule has 1 saturated heterocycles. The van der Waals surface area contributed by atoms with Crippen molar-refractivity contribution in [3.05, 3.63) is 35.2 Å². The molecule has 0 saturated carbocycles. The van der Waals surface area contributed by atoms with Crippen LogP contribution in [0.5, 0.6) is 0 Å². The van der Waals surface area contributed by atoms with Crippen molar-refractivity contribution in [3.63, 3.8) is 0 Å². The molecule has 1 fully saturated rings. The molecule has 20 heavy (non-hydrogen) atoms. The molecule has 0 amide bonds. The fourth-order valence-corrected chi connectivity index (χ4v) is 3.38. The van der Waals surface area contributed by atoms with Crippen molar-refractivity contribution in [2.24, 2.45) is 0 Å². The highest BCUT2D eigenvalue weighted by Crippen LogP contribution is 2.34. The molecule has 0 bridgehead atoms. The van der Waals surface area contributed by atoms with E-state index in [1.165, 1.54) is 0 Å². The number of hydrogen-bond donors (Lipinski definition) is 1. The van der Waals surface area contributed by atoms with Gasteiger partial charge in [0.05, 0.1) is 29.8 Å². The van der Waals surface area contributed by atoms with Crippen molar-refractivity contribution < 1.29 is 9.84 Å². The summed E-state index contributed by atoms with van der Waals surface area (Å²) in [6.45, 7) is 1.60. The van der Waals surface area contributed by atoms with Gasteiger partial charge in [0, 0.05) is 19.2 Å². The summed E-state index contributed by atoms with van der Waals surface area (Å²) < 4.78 is 5.43. The van der Waals surface area contributed by atoms with E-state index in [9.17, 15) is 5.11 Å². The lowest BCUT2D eigenvalue weighted by Gasteiger charge is -2.21. The van der Waals surface area contributed by atoms with Crippen molar-refractivity contribution in [2.75, 3.05) is 25.2 Å². The van der Waals surface area contributed by atoms with Crippen LogP contribution in [0.2, 0.25) is 0 Å². The minimum Gasteiger partial charge on any atom is -0.391 e. The Kier molecular flexibility index (Phi) is 4.00. The molecule has 1 N–H and O–H groups in total. The minimum atomic E-state index is 0.0247. The zero-order chi connectivity index (χ0) is 13.9. The number of rotatable bonds is 4. The Balaban J connectivity index is 1.92. The van der Waals surface area contributed by atoms with Crippen LogP contribution in [-0.4, -0.2) is 36.4 Å². The molecule has 1 unspecified atom stereocenters. The summed E-state index contributed by atoms with van der Waals surface area (Å²) in [4.78, 5) is 7.81. The molecule has 5 heteroatoms. The van der Waals surface area contributed by atoms with Crippen molar-refractivity contribution in [3.8, 4) is 11.3 Å². The van der Waals surface area contributed by atoms with E-state index in [1.807, 2.05) is 37.4 Å². The predicted molar refractivity (Wildman–Crippen MR) is 81.1 cm³/mol. The first-order chi connectivity index (χ1) is 9.79. The van der Waals surface area contributed by atoms with Crippen LogP contribution in [0, 0.1) is 0 Å². The number of likely N-dealkylation sites (N-methyl/N-ethyl adjacent to an activating group) is 1. The zero-order valence-corrected chi connectivity index (χ0v) is 12.3. The maximum atomic E-state index is 9.57. The second-order valence-corrected chi connectivity index (χ2v) is 5.98. The third kappa shape index (κ3) is 2.57. The first-order valence-electron chi connectivity index (χ1n) is 6.76. The Morgan fingerprint density at radius 3 is 2.85 bits per heavy atom. The maximum absolute atomic E-state index is 9.57. The van der Waals surface area contributed by atoms with Gasteiger partial charge in [0.2, 0.25) is 0 Å². The fourth-order valence-electron chi connectivity index (χ4n) is 2.40. The van der Waals surface area contributed by atoms with Gasteiger partial charge in [-0.15, -0.1) is 0 Å². The lowest BCUT2D eigenvalue weighted by atomic mass is 10.1. The average Bonchev–Trinajstić information content (AvgIpc) is 3.17. The highest BCUT2D eigenvalue weighted by atomic mass is 32.1. The highest BCUT2D eigenvalue weighted by molar-refractivity contribution is 7.16. The summed E-state index contributed by atoms with van der Waals surface area (Å²) in [6, 6.07) is 10.4. The van der Waals surface area contributed by atoms with Crippen LogP contribution in [0.3, 0.4) is 0 Å². The van der Waals surface area contributed by atoms with Crippen molar-refractivity contribution in [1.82, 2.24) is 4.98 Å². The molecule has 2 heterocycles. The van der Waals surface area contributed by atoms with Crippen LogP contribution >= 0.6 is 11.3 Å². The Morgan fingerprint density at radius 1 is 1.40 bits per heavy atom. The lowest BCUT2D eigenvalue weighted by molar-refractivity contribution is 0.193. The largest absolute Gasteiger partial charge is 0.391 e. The average molecular weight is 290 g/mol. The van der Waals surface area contributed by atoms with E-state index in [1.54, 1.807) is 11.3 Å². The van der Waals surface area contributed by atoms with Gasteiger partial charge < -0.3 is 14.7 Å². The Morgan fingerprint density at radius 2 is 2.20 bits per heavy atom. The highest BCUT2D eigenvalue weighted by Gasteiger charge is 2.24. The van der Waals surface area contributed by atoms with Gasteiger partial charge in [-0.25, -0.2) is 4.98 Å². The minimum absolute atomic E-state index is 0.0247. The number of anilines is 1. The van der Waals surface area contributed by atoms with Crippen LogP contribution < -0.4 is 4.90 Å². The van der Waals surface area contributed by atoms with Gasteiger partial charge in [-0.05, 0) is 6.42 Å². The normalized spacial score (nSPS) is 18.4. The van der Waals surface area contributed by atoms with Gasteiger partial charge in [0.1, 0.15) is 0 Å². The number of thiazole rings is 1. The smallest absolute Gasteiger partial charge is 0.186 e.